The molecule has 116 valence electrons. The normalized spacial score (nSPS) is 11.9. The van der Waals surface area contributed by atoms with Gasteiger partial charge in [0.15, 0.2) is 0 Å². The molecular weight excluding hydrogens is 260 g/mol. The fourth-order valence-electron chi connectivity index (χ4n) is 2.30. The van der Waals surface area contributed by atoms with Crippen LogP contribution in [-0.4, -0.2) is 18.7 Å². The molecule has 0 aliphatic heterocycles. The van der Waals surface area contributed by atoms with Gasteiger partial charge >= 0.3 is 0 Å². The Hall–Kier alpha value is -0.0900. The highest BCUT2D eigenvalue weighted by Crippen LogP contribution is 2.12. The second-order valence-electron chi connectivity index (χ2n) is 5.53. The lowest BCUT2D eigenvalue weighted by atomic mass is 10.1. The van der Waals surface area contributed by atoms with Crippen LogP contribution in [0, 0.1) is 0 Å². The van der Waals surface area contributed by atoms with E-state index >= 15 is 0 Å². The van der Waals surface area contributed by atoms with Crippen LogP contribution >= 0.6 is 0 Å². The van der Waals surface area contributed by atoms with Crippen LogP contribution < -0.4 is 0 Å². The molecule has 0 fully saturated rings. The van der Waals surface area contributed by atoms with Crippen LogP contribution in [0.3, 0.4) is 0 Å². The molecule has 0 aliphatic rings. The van der Waals surface area contributed by atoms with Crippen molar-refractivity contribution in [3.63, 3.8) is 0 Å². The van der Waals surface area contributed by atoms with Gasteiger partial charge in [-0.05, 0) is 6.42 Å². The van der Waals surface area contributed by atoms with Gasteiger partial charge in [0.25, 0.3) is 10.1 Å². The summed E-state index contributed by atoms with van der Waals surface area (Å²) in [6.07, 6.45) is 15.9. The molecule has 0 spiro atoms. The van der Waals surface area contributed by atoms with Crippen molar-refractivity contribution in [3.8, 4) is 0 Å². The average Bonchev–Trinajstić information content (AvgIpc) is 2.34. The van der Waals surface area contributed by atoms with Crippen molar-refractivity contribution in [1.29, 1.82) is 0 Å². The van der Waals surface area contributed by atoms with Crippen molar-refractivity contribution in [1.82, 2.24) is 0 Å². The molecule has 0 atom stereocenters. The van der Waals surface area contributed by atoms with Gasteiger partial charge in [0, 0.05) is 0 Å². The first-order valence-corrected chi connectivity index (χ1v) is 9.62. The Kier molecular flexibility index (Phi) is 12.9. The van der Waals surface area contributed by atoms with Crippen molar-refractivity contribution in [2.75, 3.05) is 5.75 Å². The van der Waals surface area contributed by atoms with Gasteiger partial charge in [0.1, 0.15) is 0 Å². The number of hydrogen-bond acceptors (Lipinski definition) is 2. The van der Waals surface area contributed by atoms with Crippen LogP contribution in [0.4, 0.5) is 0 Å². The average molecular weight is 292 g/mol. The van der Waals surface area contributed by atoms with Gasteiger partial charge in [-0.2, -0.15) is 8.42 Å². The Morgan fingerprint density at radius 2 is 0.947 bits per heavy atom. The largest absolute Gasteiger partial charge is 0.286 e. The molecular formula is C15H32O3S. The smallest absolute Gasteiger partial charge is 0.264 e. The lowest BCUT2D eigenvalue weighted by molar-refractivity contribution is 0.478. The topological polar surface area (TPSA) is 54.4 Å². The minimum atomic E-state index is -3.74. The van der Waals surface area contributed by atoms with Crippen molar-refractivity contribution in [2.24, 2.45) is 0 Å². The molecule has 0 unspecified atom stereocenters. The molecule has 0 saturated heterocycles. The Morgan fingerprint density at radius 1 is 0.632 bits per heavy atom. The number of unbranched alkanes of at least 4 members (excludes halogenated alkanes) is 12. The second-order valence-corrected chi connectivity index (χ2v) is 7.10. The van der Waals surface area contributed by atoms with E-state index in [-0.39, 0.29) is 5.75 Å². The van der Waals surface area contributed by atoms with E-state index in [9.17, 15) is 8.42 Å². The van der Waals surface area contributed by atoms with Crippen molar-refractivity contribution >= 4 is 10.1 Å². The van der Waals surface area contributed by atoms with E-state index in [0.29, 0.717) is 6.42 Å². The Labute approximate surface area is 119 Å². The van der Waals surface area contributed by atoms with Gasteiger partial charge < -0.3 is 0 Å². The minimum Gasteiger partial charge on any atom is -0.286 e. The molecule has 0 aliphatic carbocycles. The summed E-state index contributed by atoms with van der Waals surface area (Å²) in [6, 6.07) is 0. The maximum Gasteiger partial charge on any atom is 0.264 e. The van der Waals surface area contributed by atoms with E-state index in [4.69, 9.17) is 4.55 Å². The van der Waals surface area contributed by atoms with Crippen LogP contribution in [0.5, 0.6) is 0 Å². The van der Waals surface area contributed by atoms with Crippen LogP contribution in [0.2, 0.25) is 0 Å². The number of hydrogen-bond donors (Lipinski definition) is 1. The monoisotopic (exact) mass is 292 g/mol. The van der Waals surface area contributed by atoms with Crippen LogP contribution in [0.25, 0.3) is 0 Å². The van der Waals surface area contributed by atoms with Gasteiger partial charge in [-0.25, -0.2) is 0 Å². The van der Waals surface area contributed by atoms with Gasteiger partial charge in [-0.15, -0.1) is 0 Å². The lowest BCUT2D eigenvalue weighted by Crippen LogP contribution is -2.03. The molecule has 0 rings (SSSR count). The molecule has 0 saturated carbocycles. The highest BCUT2D eigenvalue weighted by atomic mass is 32.2. The second kappa shape index (κ2) is 12.9. The third-order valence-corrected chi connectivity index (χ3v) is 4.31. The van der Waals surface area contributed by atoms with Gasteiger partial charge in [-0.3, -0.25) is 4.55 Å². The van der Waals surface area contributed by atoms with Crippen molar-refractivity contribution < 1.29 is 13.0 Å². The summed E-state index contributed by atoms with van der Waals surface area (Å²) in [5.74, 6) is -0.0786. The van der Waals surface area contributed by atoms with Crippen LogP contribution in [0.15, 0.2) is 0 Å². The Balaban J connectivity index is 3.03. The van der Waals surface area contributed by atoms with Crippen LogP contribution in [-0.2, 0) is 10.1 Å². The molecule has 1 N–H and O–H groups in total. The molecule has 3 nitrogen and oxygen atoms in total. The van der Waals surface area contributed by atoms with Crippen molar-refractivity contribution in [2.45, 2.75) is 90.4 Å². The zero-order valence-electron chi connectivity index (χ0n) is 12.6. The summed E-state index contributed by atoms with van der Waals surface area (Å²) < 4.78 is 29.5. The highest BCUT2D eigenvalue weighted by molar-refractivity contribution is 7.85. The first-order chi connectivity index (χ1) is 9.06. The van der Waals surface area contributed by atoms with Gasteiger partial charge in [-0.1, -0.05) is 84.0 Å². The lowest BCUT2D eigenvalue weighted by Gasteiger charge is -2.02. The van der Waals surface area contributed by atoms with E-state index in [1.165, 1.54) is 64.2 Å². The first-order valence-electron chi connectivity index (χ1n) is 8.01. The van der Waals surface area contributed by atoms with Gasteiger partial charge in [0.05, 0.1) is 5.75 Å². The summed E-state index contributed by atoms with van der Waals surface area (Å²) in [4.78, 5) is 0. The molecule has 0 aromatic heterocycles. The SMILES string of the molecule is CCCCCCCCCCCCCCCS(=O)(=O)O. The molecule has 0 amide bonds. The Morgan fingerprint density at radius 3 is 1.26 bits per heavy atom. The van der Waals surface area contributed by atoms with E-state index in [2.05, 4.69) is 6.92 Å². The summed E-state index contributed by atoms with van der Waals surface area (Å²) in [7, 11) is -3.74. The van der Waals surface area contributed by atoms with E-state index < -0.39 is 10.1 Å². The zero-order chi connectivity index (χ0) is 14.4. The van der Waals surface area contributed by atoms with Gasteiger partial charge in [0.2, 0.25) is 0 Å². The molecule has 0 bridgehead atoms. The third kappa shape index (κ3) is 17.9. The van der Waals surface area contributed by atoms with E-state index in [0.717, 1.165) is 12.8 Å². The minimum absolute atomic E-state index is 0.0786. The maximum atomic E-state index is 10.5. The summed E-state index contributed by atoms with van der Waals surface area (Å²) >= 11 is 0. The van der Waals surface area contributed by atoms with Crippen molar-refractivity contribution in [3.05, 3.63) is 0 Å². The molecule has 4 heteroatoms. The third-order valence-electron chi connectivity index (χ3n) is 3.51. The number of rotatable bonds is 14. The molecule has 0 radical (unpaired) electrons. The van der Waals surface area contributed by atoms with Crippen LogP contribution in [0.1, 0.15) is 90.4 Å². The van der Waals surface area contributed by atoms with E-state index in [1.54, 1.807) is 0 Å². The fourth-order valence-corrected chi connectivity index (χ4v) is 2.87. The van der Waals surface area contributed by atoms with E-state index in [1.807, 2.05) is 0 Å². The predicted molar refractivity (Wildman–Crippen MR) is 82.1 cm³/mol. The summed E-state index contributed by atoms with van der Waals surface area (Å²) in [5.41, 5.74) is 0. The molecule has 0 aromatic rings. The first kappa shape index (κ1) is 18.9. The molecule has 0 aromatic carbocycles. The highest BCUT2D eigenvalue weighted by Gasteiger charge is 2.02. The summed E-state index contributed by atoms with van der Waals surface area (Å²) in [5, 5.41) is 0. The molecule has 0 heterocycles. The standard InChI is InChI=1S/C15H32O3S/c1-2-3-4-5-6-7-8-9-10-11-12-13-14-15-19(16,17)18/h2-15H2,1H3,(H,16,17,18). The molecule has 19 heavy (non-hydrogen) atoms. The fraction of sp³-hybridized carbons (Fsp3) is 1.00. The maximum absolute atomic E-state index is 10.5. The quantitative estimate of drug-likeness (QED) is 0.363. The predicted octanol–water partition coefficient (Wildman–Crippen LogP) is 4.97. The summed E-state index contributed by atoms with van der Waals surface area (Å²) in [6.45, 7) is 2.25. The zero-order valence-corrected chi connectivity index (χ0v) is 13.4. The Bertz CT molecular complexity index is 273.